The number of hydrogen-bond acceptors (Lipinski definition) is 13. The van der Waals surface area contributed by atoms with Gasteiger partial charge in [-0.2, -0.15) is 0 Å². The molecule has 0 aromatic rings. The molecular formula is C56H107NO13. The Morgan fingerprint density at radius 1 is 0.500 bits per heavy atom. The number of aliphatic hydroxyl groups is 8. The van der Waals surface area contributed by atoms with E-state index >= 15 is 0 Å². The minimum absolute atomic E-state index is 0.213. The molecule has 0 bridgehead atoms. The van der Waals surface area contributed by atoms with Crippen LogP contribution in [0, 0.1) is 0 Å². The average molecular weight is 1000 g/mol. The monoisotopic (exact) mass is 1000 g/mol. The van der Waals surface area contributed by atoms with Crippen LogP contribution in [0.4, 0.5) is 0 Å². The van der Waals surface area contributed by atoms with Crippen LogP contribution in [0.2, 0.25) is 0 Å². The smallest absolute Gasteiger partial charge is 0.220 e. The van der Waals surface area contributed by atoms with Crippen LogP contribution in [0.15, 0.2) is 12.2 Å². The van der Waals surface area contributed by atoms with Crippen molar-refractivity contribution in [3.05, 3.63) is 12.2 Å². The van der Waals surface area contributed by atoms with Gasteiger partial charge in [-0.1, -0.05) is 212 Å². The molecule has 12 unspecified atom stereocenters. The molecule has 9 N–H and O–H groups in total. The number of unbranched alkanes of at least 4 members (excludes halogenated alkanes) is 31. The van der Waals surface area contributed by atoms with Gasteiger partial charge in [-0.25, -0.2) is 0 Å². The highest BCUT2D eigenvalue weighted by Crippen LogP contribution is 2.30. The number of hydrogen-bond donors (Lipinski definition) is 9. The Morgan fingerprint density at radius 3 is 1.36 bits per heavy atom. The quantitative estimate of drug-likeness (QED) is 0.0205. The van der Waals surface area contributed by atoms with Crippen molar-refractivity contribution in [2.75, 3.05) is 19.8 Å². The molecule has 0 aromatic heterocycles. The summed E-state index contributed by atoms with van der Waals surface area (Å²) in [6.07, 6.45) is 30.6. The summed E-state index contributed by atoms with van der Waals surface area (Å²) in [5, 5.41) is 87.2. The fourth-order valence-electron chi connectivity index (χ4n) is 9.76. The summed E-state index contributed by atoms with van der Waals surface area (Å²) < 4.78 is 22.8. The topological polar surface area (TPSA) is 228 Å². The molecule has 12 atom stereocenters. The molecule has 1 amide bonds. The van der Waals surface area contributed by atoms with E-state index in [1.807, 2.05) is 0 Å². The molecule has 14 nitrogen and oxygen atoms in total. The number of allylic oxidation sites excluding steroid dienone is 2. The van der Waals surface area contributed by atoms with Gasteiger partial charge in [0, 0.05) is 6.42 Å². The SMILES string of the molecule is CCCCCCCC/C=C\CCCCCCCC(=O)NC(COC1OC(CO)C(OC2OC(CO)C(O)C(O)C2O)C(O)C1O)C(O)CCCCCCCCCCCCCCCCCCCCCCC. The molecule has 0 radical (unpaired) electrons. The molecule has 2 fully saturated rings. The molecule has 0 spiro atoms. The largest absolute Gasteiger partial charge is 0.394 e. The van der Waals surface area contributed by atoms with E-state index in [0.717, 1.165) is 64.2 Å². The van der Waals surface area contributed by atoms with Crippen LogP contribution in [0.3, 0.4) is 0 Å². The summed E-state index contributed by atoms with van der Waals surface area (Å²) in [6.45, 7) is 2.87. The maximum absolute atomic E-state index is 13.2. The number of carbonyl (C=O) groups excluding carboxylic acids is 1. The molecule has 414 valence electrons. The van der Waals surface area contributed by atoms with Crippen molar-refractivity contribution < 1.29 is 64.6 Å². The van der Waals surface area contributed by atoms with Gasteiger partial charge in [0.05, 0.1) is 32.0 Å². The summed E-state index contributed by atoms with van der Waals surface area (Å²) in [5.74, 6) is -0.213. The third-order valence-electron chi connectivity index (χ3n) is 14.5. The van der Waals surface area contributed by atoms with Gasteiger partial charge >= 0.3 is 0 Å². The van der Waals surface area contributed by atoms with Gasteiger partial charge in [0.2, 0.25) is 5.91 Å². The van der Waals surface area contributed by atoms with Crippen LogP contribution in [0.25, 0.3) is 0 Å². The Bertz CT molecular complexity index is 1230. The first-order valence-corrected chi connectivity index (χ1v) is 28.9. The third-order valence-corrected chi connectivity index (χ3v) is 14.5. The number of rotatable bonds is 46. The van der Waals surface area contributed by atoms with Crippen LogP contribution >= 0.6 is 0 Å². The van der Waals surface area contributed by atoms with Crippen molar-refractivity contribution in [2.24, 2.45) is 0 Å². The molecule has 2 aliphatic rings. The Labute approximate surface area is 425 Å². The minimum Gasteiger partial charge on any atom is -0.394 e. The van der Waals surface area contributed by atoms with E-state index in [1.165, 1.54) is 148 Å². The van der Waals surface area contributed by atoms with E-state index in [0.29, 0.717) is 19.3 Å². The molecule has 0 saturated carbocycles. The fourth-order valence-corrected chi connectivity index (χ4v) is 9.76. The predicted molar refractivity (Wildman–Crippen MR) is 277 cm³/mol. The van der Waals surface area contributed by atoms with Gasteiger partial charge in [-0.3, -0.25) is 4.79 Å². The second-order valence-corrected chi connectivity index (χ2v) is 20.8. The van der Waals surface area contributed by atoms with Crippen molar-refractivity contribution >= 4 is 5.91 Å². The third kappa shape index (κ3) is 29.0. The first-order chi connectivity index (χ1) is 34.1. The minimum atomic E-state index is -1.78. The maximum atomic E-state index is 13.2. The van der Waals surface area contributed by atoms with Crippen molar-refractivity contribution in [3.8, 4) is 0 Å². The highest BCUT2D eigenvalue weighted by molar-refractivity contribution is 5.76. The van der Waals surface area contributed by atoms with Gasteiger partial charge in [-0.15, -0.1) is 0 Å². The molecule has 70 heavy (non-hydrogen) atoms. The van der Waals surface area contributed by atoms with Crippen molar-refractivity contribution in [2.45, 2.75) is 319 Å². The van der Waals surface area contributed by atoms with Crippen LogP contribution in [-0.2, 0) is 23.7 Å². The molecule has 2 rings (SSSR count). The Hall–Kier alpha value is -1.27. The van der Waals surface area contributed by atoms with Gasteiger partial charge in [0.1, 0.15) is 48.8 Å². The lowest BCUT2D eigenvalue weighted by Gasteiger charge is -2.46. The number of nitrogens with one attached hydrogen (secondary N) is 1. The van der Waals surface area contributed by atoms with E-state index in [1.54, 1.807) is 0 Å². The Balaban J connectivity index is 1.77. The summed E-state index contributed by atoms with van der Waals surface area (Å²) >= 11 is 0. The fraction of sp³-hybridized carbons (Fsp3) is 0.946. The molecular weight excluding hydrogens is 895 g/mol. The van der Waals surface area contributed by atoms with E-state index in [2.05, 4.69) is 31.3 Å². The standard InChI is InChI=1S/C56H107NO13/c1-3-5-7-9-11-13-15-17-19-20-21-22-23-24-26-27-29-31-33-35-37-39-45(60)44(57-48(61)40-38-36-34-32-30-28-25-18-16-14-12-10-8-6-4-2)43-67-55-53(66)51(64)54(47(42-59)69-55)70-56-52(65)50(63)49(62)46(41-58)68-56/h18,25,44-47,49-56,58-60,62-66H,3-17,19-24,26-43H2,1-2H3,(H,57,61)/b25-18-. The van der Waals surface area contributed by atoms with Crippen molar-refractivity contribution in [1.29, 1.82) is 0 Å². The lowest BCUT2D eigenvalue weighted by atomic mass is 9.97. The average Bonchev–Trinajstić information content (AvgIpc) is 3.36. The molecule has 2 aliphatic heterocycles. The number of amides is 1. The second kappa shape index (κ2) is 43.0. The Morgan fingerprint density at radius 2 is 0.900 bits per heavy atom. The van der Waals surface area contributed by atoms with Crippen molar-refractivity contribution in [1.82, 2.24) is 5.32 Å². The lowest BCUT2D eigenvalue weighted by Crippen LogP contribution is -2.65. The number of aliphatic hydroxyl groups excluding tert-OH is 8. The van der Waals surface area contributed by atoms with E-state index in [-0.39, 0.29) is 12.5 Å². The first kappa shape index (κ1) is 64.8. The number of carbonyl (C=O) groups is 1. The molecule has 0 aromatic carbocycles. The summed E-state index contributed by atoms with van der Waals surface area (Å²) in [7, 11) is 0. The highest BCUT2D eigenvalue weighted by atomic mass is 16.7. The highest BCUT2D eigenvalue weighted by Gasteiger charge is 2.51. The van der Waals surface area contributed by atoms with Crippen LogP contribution < -0.4 is 5.32 Å². The summed E-state index contributed by atoms with van der Waals surface area (Å²) in [5.41, 5.74) is 0. The second-order valence-electron chi connectivity index (χ2n) is 20.8. The zero-order valence-corrected chi connectivity index (χ0v) is 44.3. The molecule has 2 saturated heterocycles. The van der Waals surface area contributed by atoms with Crippen LogP contribution in [-0.4, -0.2) is 140 Å². The predicted octanol–water partition coefficient (Wildman–Crippen LogP) is 9.11. The van der Waals surface area contributed by atoms with Crippen LogP contribution in [0.5, 0.6) is 0 Å². The van der Waals surface area contributed by atoms with E-state index < -0.39 is 86.8 Å². The van der Waals surface area contributed by atoms with Gasteiger partial charge in [-0.05, 0) is 38.5 Å². The zero-order valence-electron chi connectivity index (χ0n) is 44.3. The summed E-state index contributed by atoms with van der Waals surface area (Å²) in [4.78, 5) is 13.2. The van der Waals surface area contributed by atoms with E-state index in [4.69, 9.17) is 18.9 Å². The number of ether oxygens (including phenoxy) is 4. The maximum Gasteiger partial charge on any atom is 0.220 e. The Kier molecular flexibility index (Phi) is 39.9. The first-order valence-electron chi connectivity index (χ1n) is 28.9. The van der Waals surface area contributed by atoms with E-state index in [9.17, 15) is 45.6 Å². The van der Waals surface area contributed by atoms with Gasteiger partial charge < -0.3 is 65.1 Å². The zero-order chi connectivity index (χ0) is 51.0. The normalized spacial score (nSPS) is 26.0. The van der Waals surface area contributed by atoms with Gasteiger partial charge in [0.25, 0.3) is 0 Å². The molecule has 0 aliphatic carbocycles. The van der Waals surface area contributed by atoms with Crippen molar-refractivity contribution in [3.63, 3.8) is 0 Å². The van der Waals surface area contributed by atoms with Crippen LogP contribution in [0.1, 0.15) is 245 Å². The summed E-state index contributed by atoms with van der Waals surface area (Å²) in [6, 6.07) is -0.829. The van der Waals surface area contributed by atoms with Gasteiger partial charge in [0.15, 0.2) is 12.6 Å². The molecule has 2 heterocycles. The molecule has 14 heteroatoms. The lowest BCUT2D eigenvalue weighted by molar-refractivity contribution is -0.359.